The average Bonchev–Trinajstić information content (AvgIpc) is 2.74. The molecule has 0 saturated heterocycles. The first-order valence-corrected chi connectivity index (χ1v) is 9.07. The lowest BCUT2D eigenvalue weighted by molar-refractivity contribution is -0.142. The van der Waals surface area contributed by atoms with E-state index < -0.39 is 10.0 Å². The number of carbonyl (C=O) groups is 1. The molecule has 0 aliphatic heterocycles. The monoisotopic (exact) mass is 371 g/mol. The van der Waals surface area contributed by atoms with Crippen LogP contribution in [0.15, 0.2) is 29.2 Å². The molecule has 0 unspecified atom stereocenters. The summed E-state index contributed by atoms with van der Waals surface area (Å²) in [6.45, 7) is 3.63. The van der Waals surface area contributed by atoms with Gasteiger partial charge in [0.15, 0.2) is 0 Å². The summed E-state index contributed by atoms with van der Waals surface area (Å²) in [5.41, 5.74) is 1.41. The Balaban J connectivity index is 2.17. The molecule has 24 heavy (non-hydrogen) atoms. The molecule has 130 valence electrons. The number of nitrogens with one attached hydrogen (secondary N) is 1. The first-order chi connectivity index (χ1) is 11.2. The number of carbonyl (C=O) groups excluding carboxylic acids is 1. The fourth-order valence-corrected chi connectivity index (χ4v) is 4.00. The van der Waals surface area contributed by atoms with Crippen LogP contribution in [0.4, 0.5) is 5.69 Å². The van der Waals surface area contributed by atoms with Gasteiger partial charge in [-0.3, -0.25) is 14.2 Å². The normalized spacial score (nSPS) is 11.3. The number of benzene rings is 1. The molecule has 0 bridgehead atoms. The van der Waals surface area contributed by atoms with E-state index in [0.717, 1.165) is 5.56 Å². The van der Waals surface area contributed by atoms with Crippen molar-refractivity contribution in [2.75, 3.05) is 11.3 Å². The van der Waals surface area contributed by atoms with Gasteiger partial charge < -0.3 is 4.74 Å². The van der Waals surface area contributed by atoms with Crippen LogP contribution < -0.4 is 4.72 Å². The van der Waals surface area contributed by atoms with Crippen LogP contribution in [0.25, 0.3) is 0 Å². The lowest BCUT2D eigenvalue weighted by Crippen LogP contribution is -2.14. The van der Waals surface area contributed by atoms with Crippen molar-refractivity contribution >= 4 is 33.3 Å². The zero-order valence-corrected chi connectivity index (χ0v) is 15.1. The minimum absolute atomic E-state index is 0.0407. The van der Waals surface area contributed by atoms with Crippen LogP contribution >= 0.6 is 11.6 Å². The van der Waals surface area contributed by atoms with E-state index in [1.165, 1.54) is 4.68 Å². The highest BCUT2D eigenvalue weighted by atomic mass is 35.5. The number of nitrogens with zero attached hydrogens (tertiary/aromatic N) is 2. The molecule has 0 fully saturated rings. The van der Waals surface area contributed by atoms with Crippen LogP contribution in [-0.4, -0.2) is 30.8 Å². The van der Waals surface area contributed by atoms with Crippen LogP contribution in [0.2, 0.25) is 5.15 Å². The van der Waals surface area contributed by atoms with Gasteiger partial charge in [-0.05, 0) is 31.5 Å². The van der Waals surface area contributed by atoms with Gasteiger partial charge in [0.05, 0.1) is 18.7 Å². The van der Waals surface area contributed by atoms with Crippen molar-refractivity contribution in [1.82, 2.24) is 9.78 Å². The fraction of sp³-hybridized carbons (Fsp3) is 0.333. The SMILES string of the molecule is CCOC(=O)Cc1ccc(NS(=O)(=O)c2c(C)nn(C)c2Cl)cc1. The van der Waals surface area contributed by atoms with Gasteiger partial charge in [-0.15, -0.1) is 0 Å². The molecule has 0 amide bonds. The molecule has 1 aromatic carbocycles. The smallest absolute Gasteiger partial charge is 0.310 e. The Labute approximate surface area is 145 Å². The van der Waals surface area contributed by atoms with Gasteiger partial charge in [0.25, 0.3) is 10.0 Å². The third-order valence-corrected chi connectivity index (χ3v) is 5.31. The maximum atomic E-state index is 12.5. The predicted molar refractivity (Wildman–Crippen MR) is 90.5 cm³/mol. The Hall–Kier alpha value is -2.06. The highest BCUT2D eigenvalue weighted by Crippen LogP contribution is 2.26. The molecule has 0 aliphatic rings. The van der Waals surface area contributed by atoms with Gasteiger partial charge in [0.1, 0.15) is 10.0 Å². The second kappa shape index (κ2) is 7.23. The zero-order chi connectivity index (χ0) is 17.9. The first-order valence-electron chi connectivity index (χ1n) is 7.21. The van der Waals surface area contributed by atoms with E-state index in [1.807, 2.05) is 0 Å². The van der Waals surface area contributed by atoms with E-state index in [-0.39, 0.29) is 22.4 Å². The summed E-state index contributed by atoms with van der Waals surface area (Å²) in [4.78, 5) is 11.4. The van der Waals surface area contributed by atoms with Crippen molar-refractivity contribution in [2.45, 2.75) is 25.2 Å². The Morgan fingerprint density at radius 3 is 2.46 bits per heavy atom. The van der Waals surface area contributed by atoms with Crippen molar-refractivity contribution in [3.63, 3.8) is 0 Å². The van der Waals surface area contributed by atoms with Crippen molar-refractivity contribution < 1.29 is 17.9 Å². The third-order valence-electron chi connectivity index (χ3n) is 3.23. The second-order valence-corrected chi connectivity index (χ2v) is 7.09. The largest absolute Gasteiger partial charge is 0.466 e. The number of anilines is 1. The summed E-state index contributed by atoms with van der Waals surface area (Å²) < 4.78 is 33.6. The molecule has 0 saturated carbocycles. The average molecular weight is 372 g/mol. The zero-order valence-electron chi connectivity index (χ0n) is 13.5. The maximum Gasteiger partial charge on any atom is 0.310 e. The van der Waals surface area contributed by atoms with Gasteiger partial charge in [-0.25, -0.2) is 8.42 Å². The van der Waals surface area contributed by atoms with Crippen molar-refractivity contribution in [3.05, 3.63) is 40.7 Å². The Bertz CT molecular complexity index is 844. The minimum Gasteiger partial charge on any atom is -0.466 e. The molecule has 2 rings (SSSR count). The molecular weight excluding hydrogens is 354 g/mol. The van der Waals surface area contributed by atoms with Crippen LogP contribution in [-0.2, 0) is 33.0 Å². The van der Waals surface area contributed by atoms with E-state index >= 15 is 0 Å². The maximum absolute atomic E-state index is 12.5. The van der Waals surface area contributed by atoms with E-state index in [2.05, 4.69) is 9.82 Å². The van der Waals surface area contributed by atoms with E-state index in [1.54, 1.807) is 45.2 Å². The fourth-order valence-electron chi connectivity index (χ4n) is 2.19. The molecule has 1 aromatic heterocycles. The number of esters is 1. The summed E-state index contributed by atoms with van der Waals surface area (Å²) in [6, 6.07) is 6.47. The van der Waals surface area contributed by atoms with Gasteiger partial charge in [0.2, 0.25) is 0 Å². The van der Waals surface area contributed by atoms with E-state index in [0.29, 0.717) is 18.0 Å². The first kappa shape index (κ1) is 18.3. The Morgan fingerprint density at radius 2 is 1.96 bits per heavy atom. The summed E-state index contributed by atoms with van der Waals surface area (Å²) in [5, 5.41) is 4.04. The van der Waals surface area contributed by atoms with Gasteiger partial charge in [-0.2, -0.15) is 5.10 Å². The number of hydrogen-bond acceptors (Lipinski definition) is 5. The number of rotatable bonds is 6. The van der Waals surface area contributed by atoms with E-state index in [4.69, 9.17) is 16.3 Å². The van der Waals surface area contributed by atoms with Gasteiger partial charge >= 0.3 is 5.97 Å². The van der Waals surface area contributed by atoms with Crippen molar-refractivity contribution in [1.29, 1.82) is 0 Å². The van der Waals surface area contributed by atoms with Crippen molar-refractivity contribution in [3.8, 4) is 0 Å². The summed E-state index contributed by atoms with van der Waals surface area (Å²) in [7, 11) is -2.29. The lowest BCUT2D eigenvalue weighted by Gasteiger charge is -2.09. The number of aryl methyl sites for hydroxylation is 2. The minimum atomic E-state index is -3.86. The summed E-state index contributed by atoms with van der Waals surface area (Å²) in [5.74, 6) is -0.330. The molecule has 0 radical (unpaired) electrons. The van der Waals surface area contributed by atoms with E-state index in [9.17, 15) is 13.2 Å². The number of hydrogen-bond donors (Lipinski definition) is 1. The van der Waals surface area contributed by atoms with Gasteiger partial charge in [-0.1, -0.05) is 23.7 Å². The third kappa shape index (κ3) is 4.07. The van der Waals surface area contributed by atoms with Crippen LogP contribution in [0.1, 0.15) is 18.2 Å². The molecule has 2 aromatic rings. The highest BCUT2D eigenvalue weighted by molar-refractivity contribution is 7.92. The lowest BCUT2D eigenvalue weighted by atomic mass is 10.1. The van der Waals surface area contributed by atoms with Crippen LogP contribution in [0.5, 0.6) is 0 Å². The molecular formula is C15H18ClN3O4S. The summed E-state index contributed by atoms with van der Waals surface area (Å²) >= 11 is 6.01. The Morgan fingerprint density at radius 1 is 1.33 bits per heavy atom. The second-order valence-electron chi connectivity index (χ2n) is 5.11. The standard InChI is InChI=1S/C15H18ClN3O4S/c1-4-23-13(20)9-11-5-7-12(8-6-11)18-24(21,22)14-10(2)17-19(3)15(14)16/h5-8,18H,4,9H2,1-3H3. The molecule has 9 heteroatoms. The van der Waals surface area contributed by atoms with Crippen LogP contribution in [0, 0.1) is 6.92 Å². The number of aromatic nitrogens is 2. The quantitative estimate of drug-likeness (QED) is 0.787. The number of halogens is 1. The predicted octanol–water partition coefficient (Wildman–Crippen LogP) is 2.29. The van der Waals surface area contributed by atoms with Crippen molar-refractivity contribution in [2.24, 2.45) is 7.05 Å². The molecule has 0 aliphatic carbocycles. The molecule has 0 spiro atoms. The number of ether oxygens (including phenoxy) is 1. The molecule has 1 N–H and O–H groups in total. The van der Waals surface area contributed by atoms with Crippen LogP contribution in [0.3, 0.4) is 0 Å². The Kier molecular flexibility index (Phi) is 5.51. The topological polar surface area (TPSA) is 90.3 Å². The highest BCUT2D eigenvalue weighted by Gasteiger charge is 2.25. The number of sulfonamides is 1. The molecule has 7 nitrogen and oxygen atoms in total. The molecule has 1 heterocycles. The summed E-state index contributed by atoms with van der Waals surface area (Å²) in [6.07, 6.45) is 0.133. The molecule has 0 atom stereocenters. The van der Waals surface area contributed by atoms with Gasteiger partial charge in [0, 0.05) is 12.7 Å².